The Kier molecular flexibility index (Phi) is 4.93. The lowest BCUT2D eigenvalue weighted by Gasteiger charge is -2.41. The van der Waals surface area contributed by atoms with E-state index in [4.69, 9.17) is 5.11 Å². The first-order valence-electron chi connectivity index (χ1n) is 5.65. The van der Waals surface area contributed by atoms with Gasteiger partial charge in [-0.15, -0.1) is 0 Å². The van der Waals surface area contributed by atoms with E-state index in [2.05, 4.69) is 11.6 Å². The Morgan fingerprint density at radius 1 is 1.60 bits per heavy atom. The molecule has 1 fully saturated rings. The fourth-order valence-corrected chi connectivity index (χ4v) is 2.86. The van der Waals surface area contributed by atoms with Gasteiger partial charge in [-0.2, -0.15) is 11.8 Å². The van der Waals surface area contributed by atoms with Crippen LogP contribution in [0.1, 0.15) is 39.0 Å². The van der Waals surface area contributed by atoms with E-state index >= 15 is 0 Å². The van der Waals surface area contributed by atoms with E-state index in [9.17, 15) is 4.79 Å². The topological polar surface area (TPSA) is 49.3 Å². The van der Waals surface area contributed by atoms with Crippen LogP contribution in [0.3, 0.4) is 0 Å². The predicted octanol–water partition coefficient (Wildman–Crippen LogP) is 2.11. The van der Waals surface area contributed by atoms with Crippen molar-refractivity contribution in [1.82, 2.24) is 5.32 Å². The van der Waals surface area contributed by atoms with Crippen molar-refractivity contribution in [1.29, 1.82) is 0 Å². The standard InChI is InChI=1S/C11H21NO2S/c1-3-5-9(10(13)14)12-8-11(15-2)6-4-7-11/h9,12H,3-8H2,1-2H3,(H,13,14). The zero-order chi connectivity index (χ0) is 11.3. The smallest absolute Gasteiger partial charge is 0.320 e. The Balaban J connectivity index is 2.35. The van der Waals surface area contributed by atoms with Crippen molar-refractivity contribution < 1.29 is 9.90 Å². The molecule has 1 saturated carbocycles. The molecule has 2 N–H and O–H groups in total. The number of carboxylic acid groups (broad SMARTS) is 1. The molecule has 0 aromatic carbocycles. The molecule has 88 valence electrons. The fraction of sp³-hybridized carbons (Fsp3) is 0.909. The van der Waals surface area contributed by atoms with E-state index in [0.29, 0.717) is 4.75 Å². The monoisotopic (exact) mass is 231 g/mol. The lowest BCUT2D eigenvalue weighted by atomic mass is 9.84. The molecule has 1 aliphatic carbocycles. The molecule has 0 heterocycles. The summed E-state index contributed by atoms with van der Waals surface area (Å²) in [7, 11) is 0. The minimum atomic E-state index is -0.715. The number of carbonyl (C=O) groups is 1. The third-order valence-electron chi connectivity index (χ3n) is 3.24. The maximum absolute atomic E-state index is 10.9. The van der Waals surface area contributed by atoms with Gasteiger partial charge in [0.25, 0.3) is 0 Å². The highest BCUT2D eigenvalue weighted by atomic mass is 32.2. The lowest BCUT2D eigenvalue weighted by Crippen LogP contribution is -2.48. The van der Waals surface area contributed by atoms with Crippen LogP contribution in [-0.4, -0.2) is 34.7 Å². The molecule has 15 heavy (non-hydrogen) atoms. The maximum Gasteiger partial charge on any atom is 0.320 e. The predicted molar refractivity (Wildman–Crippen MR) is 64.4 cm³/mol. The number of thioether (sulfide) groups is 1. The van der Waals surface area contributed by atoms with Gasteiger partial charge in [0.15, 0.2) is 0 Å². The zero-order valence-corrected chi connectivity index (χ0v) is 10.4. The van der Waals surface area contributed by atoms with Gasteiger partial charge < -0.3 is 10.4 Å². The van der Waals surface area contributed by atoms with E-state index < -0.39 is 5.97 Å². The van der Waals surface area contributed by atoms with E-state index in [0.717, 1.165) is 19.4 Å². The highest BCUT2D eigenvalue weighted by molar-refractivity contribution is 8.00. The van der Waals surface area contributed by atoms with Crippen molar-refractivity contribution in [2.75, 3.05) is 12.8 Å². The normalized spacial score (nSPS) is 20.7. The van der Waals surface area contributed by atoms with E-state index in [-0.39, 0.29) is 6.04 Å². The number of hydrogen-bond donors (Lipinski definition) is 2. The van der Waals surface area contributed by atoms with Gasteiger partial charge in [-0.1, -0.05) is 19.8 Å². The van der Waals surface area contributed by atoms with Crippen molar-refractivity contribution in [2.45, 2.75) is 49.8 Å². The summed E-state index contributed by atoms with van der Waals surface area (Å²) >= 11 is 1.88. The molecule has 0 aromatic heterocycles. The molecular formula is C11H21NO2S. The van der Waals surface area contributed by atoms with Crippen LogP contribution in [0.25, 0.3) is 0 Å². The molecule has 1 aliphatic rings. The zero-order valence-electron chi connectivity index (χ0n) is 9.58. The van der Waals surface area contributed by atoms with E-state index in [1.807, 2.05) is 18.7 Å². The van der Waals surface area contributed by atoms with Crippen molar-refractivity contribution >= 4 is 17.7 Å². The van der Waals surface area contributed by atoms with Crippen LogP contribution in [0, 0.1) is 0 Å². The summed E-state index contributed by atoms with van der Waals surface area (Å²) in [6, 6.07) is -0.361. The van der Waals surface area contributed by atoms with E-state index in [1.165, 1.54) is 19.3 Å². The fourth-order valence-electron chi connectivity index (χ4n) is 1.93. The average Bonchev–Trinajstić information content (AvgIpc) is 2.14. The SMILES string of the molecule is CCCC(NCC1(SC)CCC1)C(=O)O. The largest absolute Gasteiger partial charge is 0.480 e. The Morgan fingerprint density at radius 3 is 2.60 bits per heavy atom. The Bertz CT molecular complexity index is 211. The molecule has 1 atom stereocenters. The second-order valence-electron chi connectivity index (χ2n) is 4.30. The quantitative estimate of drug-likeness (QED) is 0.704. The molecule has 1 unspecified atom stereocenters. The van der Waals surface area contributed by atoms with Gasteiger partial charge in [0, 0.05) is 11.3 Å². The Hall–Kier alpha value is -0.220. The summed E-state index contributed by atoms with van der Waals surface area (Å²) in [5.41, 5.74) is 0. The van der Waals surface area contributed by atoms with Crippen LogP contribution in [0.15, 0.2) is 0 Å². The van der Waals surface area contributed by atoms with Gasteiger partial charge >= 0.3 is 5.97 Å². The molecule has 0 amide bonds. The van der Waals surface area contributed by atoms with Gasteiger partial charge in [-0.25, -0.2) is 0 Å². The van der Waals surface area contributed by atoms with Gasteiger partial charge in [-0.3, -0.25) is 4.79 Å². The number of carboxylic acids is 1. The van der Waals surface area contributed by atoms with Crippen LogP contribution in [0.4, 0.5) is 0 Å². The molecule has 1 rings (SSSR count). The molecule has 0 aliphatic heterocycles. The Morgan fingerprint density at radius 2 is 2.27 bits per heavy atom. The lowest BCUT2D eigenvalue weighted by molar-refractivity contribution is -0.139. The highest BCUT2D eigenvalue weighted by Crippen LogP contribution is 2.42. The first-order chi connectivity index (χ1) is 7.13. The van der Waals surface area contributed by atoms with Gasteiger partial charge in [0.05, 0.1) is 0 Å². The molecule has 0 bridgehead atoms. The van der Waals surface area contributed by atoms with Gasteiger partial charge in [0.1, 0.15) is 6.04 Å². The highest BCUT2D eigenvalue weighted by Gasteiger charge is 2.36. The second-order valence-corrected chi connectivity index (χ2v) is 5.58. The van der Waals surface area contributed by atoms with Crippen molar-refractivity contribution in [3.05, 3.63) is 0 Å². The molecule has 0 aromatic rings. The third kappa shape index (κ3) is 3.38. The number of hydrogen-bond acceptors (Lipinski definition) is 3. The first kappa shape index (κ1) is 12.8. The number of aliphatic carboxylic acids is 1. The maximum atomic E-state index is 10.9. The minimum absolute atomic E-state index is 0.321. The van der Waals surface area contributed by atoms with Crippen molar-refractivity contribution in [2.24, 2.45) is 0 Å². The average molecular weight is 231 g/mol. The first-order valence-corrected chi connectivity index (χ1v) is 6.87. The summed E-state index contributed by atoms with van der Waals surface area (Å²) < 4.78 is 0.321. The summed E-state index contributed by atoms with van der Waals surface area (Å²) in [4.78, 5) is 10.9. The van der Waals surface area contributed by atoms with Crippen LogP contribution >= 0.6 is 11.8 Å². The van der Waals surface area contributed by atoms with Gasteiger partial charge in [0.2, 0.25) is 0 Å². The molecular weight excluding hydrogens is 210 g/mol. The van der Waals surface area contributed by atoms with Crippen molar-refractivity contribution in [3.8, 4) is 0 Å². The number of nitrogens with one attached hydrogen (secondary N) is 1. The minimum Gasteiger partial charge on any atom is -0.480 e. The van der Waals surface area contributed by atoms with Crippen LogP contribution < -0.4 is 5.32 Å². The van der Waals surface area contributed by atoms with Crippen molar-refractivity contribution in [3.63, 3.8) is 0 Å². The van der Waals surface area contributed by atoms with Gasteiger partial charge in [-0.05, 0) is 25.5 Å². The molecule has 4 heteroatoms. The Labute approximate surface area is 96.0 Å². The number of rotatable bonds is 7. The summed E-state index contributed by atoms with van der Waals surface area (Å²) in [5, 5.41) is 12.2. The second kappa shape index (κ2) is 5.75. The van der Waals surface area contributed by atoms with Crippen LogP contribution in [-0.2, 0) is 4.79 Å². The van der Waals surface area contributed by atoms with Crippen LogP contribution in [0.5, 0.6) is 0 Å². The molecule has 0 saturated heterocycles. The van der Waals surface area contributed by atoms with E-state index in [1.54, 1.807) is 0 Å². The summed E-state index contributed by atoms with van der Waals surface area (Å²) in [6.07, 6.45) is 7.49. The molecule has 3 nitrogen and oxygen atoms in total. The summed E-state index contributed by atoms with van der Waals surface area (Å²) in [5.74, 6) is -0.715. The summed E-state index contributed by atoms with van der Waals surface area (Å²) in [6.45, 7) is 2.86. The third-order valence-corrected chi connectivity index (χ3v) is 4.66. The van der Waals surface area contributed by atoms with Crippen LogP contribution in [0.2, 0.25) is 0 Å². The molecule has 0 spiro atoms. The molecule has 0 radical (unpaired) electrons.